The van der Waals surface area contributed by atoms with Gasteiger partial charge in [0.1, 0.15) is 23.9 Å². The minimum absolute atomic E-state index is 0.0176. The summed E-state index contributed by atoms with van der Waals surface area (Å²) in [6.07, 6.45) is 3.92. The number of methoxy groups -OCH3 is 1. The molecule has 1 saturated carbocycles. The van der Waals surface area contributed by atoms with Crippen LogP contribution in [0.3, 0.4) is 0 Å². The van der Waals surface area contributed by atoms with Crippen LogP contribution >= 0.6 is 0 Å². The van der Waals surface area contributed by atoms with Crippen molar-refractivity contribution in [3.05, 3.63) is 71.5 Å². The number of nitrogens with zero attached hydrogens (tertiary/aromatic N) is 4. The van der Waals surface area contributed by atoms with Gasteiger partial charge in [-0.15, -0.1) is 0 Å². The Hall–Kier alpha value is -5.31. The van der Waals surface area contributed by atoms with E-state index < -0.39 is 46.7 Å². The third-order valence-electron chi connectivity index (χ3n) is 13.8. The third kappa shape index (κ3) is 8.45. The number of likely N-dealkylation sites (N-methyl/N-ethyl adjacent to an activating group) is 1. The number of pyridine rings is 1. The maximum atomic E-state index is 14.7. The molecule has 2 aromatic carbocycles. The van der Waals surface area contributed by atoms with Gasteiger partial charge < -0.3 is 34.7 Å². The molecule has 4 aromatic rings. The number of aromatic nitrogens is 2. The minimum Gasteiger partial charge on any atom is -0.508 e. The summed E-state index contributed by atoms with van der Waals surface area (Å²) in [5.41, 5.74) is 9.27. The Labute approximate surface area is 370 Å². The molecule has 0 spiro atoms. The third-order valence-corrected chi connectivity index (χ3v) is 13.8. The number of piperidine rings is 1. The lowest BCUT2D eigenvalue weighted by atomic mass is 9.84. The first-order valence-corrected chi connectivity index (χ1v) is 22.5. The van der Waals surface area contributed by atoms with E-state index in [0.717, 1.165) is 57.5 Å². The van der Waals surface area contributed by atoms with Crippen LogP contribution in [-0.4, -0.2) is 107 Å². The molecule has 2 aromatic heterocycles. The van der Waals surface area contributed by atoms with Crippen molar-refractivity contribution in [2.24, 2.45) is 22.7 Å². The summed E-state index contributed by atoms with van der Waals surface area (Å²) in [6, 6.07) is 12.9. The molecule has 3 amide bonds. The molecule has 1 aliphatic carbocycles. The predicted molar refractivity (Wildman–Crippen MR) is 240 cm³/mol. The first kappa shape index (κ1) is 44.3. The molecule has 14 nitrogen and oxygen atoms in total. The van der Waals surface area contributed by atoms with Crippen LogP contribution in [0.25, 0.3) is 33.3 Å². The van der Waals surface area contributed by atoms with Gasteiger partial charge in [0, 0.05) is 68.3 Å². The number of hydrogen-bond acceptors (Lipinski definition) is 10. The molecule has 63 heavy (non-hydrogen) atoms. The molecular formula is C49H63N7O7. The zero-order chi connectivity index (χ0) is 45.0. The summed E-state index contributed by atoms with van der Waals surface area (Å²) >= 11 is 0. The van der Waals surface area contributed by atoms with Gasteiger partial charge in [0.25, 0.3) is 5.91 Å². The molecule has 4 N–H and O–H groups in total. The van der Waals surface area contributed by atoms with E-state index in [1.165, 1.54) is 5.01 Å². The molecule has 14 heteroatoms. The van der Waals surface area contributed by atoms with Gasteiger partial charge in [-0.1, -0.05) is 39.8 Å². The second kappa shape index (κ2) is 17.3. The number of carbonyl (C=O) groups is 4. The van der Waals surface area contributed by atoms with Crippen LogP contribution in [0, 0.1) is 22.7 Å². The Bertz CT molecular complexity index is 2430. The lowest BCUT2D eigenvalue weighted by molar-refractivity contribution is -0.155. The maximum Gasteiger partial charge on any atom is 0.324 e. The van der Waals surface area contributed by atoms with Gasteiger partial charge in [0.2, 0.25) is 11.8 Å². The smallest absolute Gasteiger partial charge is 0.324 e. The number of fused-ring (bicyclic) bond motifs is 7. The van der Waals surface area contributed by atoms with Crippen LogP contribution < -0.4 is 16.1 Å². The average Bonchev–Trinajstić information content (AvgIpc) is 3.68. The molecule has 3 aliphatic heterocycles. The average molecular weight is 862 g/mol. The fraction of sp³-hybridized carbons (Fsp3) is 0.531. The monoisotopic (exact) mass is 861 g/mol. The van der Waals surface area contributed by atoms with E-state index in [2.05, 4.69) is 59.6 Å². The van der Waals surface area contributed by atoms with Gasteiger partial charge in [0.15, 0.2) is 0 Å². The Morgan fingerprint density at radius 1 is 1.11 bits per heavy atom. The number of cyclic esters (lactones) is 1. The predicted octanol–water partition coefficient (Wildman–Crippen LogP) is 5.54. The number of ether oxygens (including phenoxy) is 2. The SMILES string of the molecule is CCn1c(-c2cccnc2[C@H](C)OC)c2c3cc(ccc31)-c1cc(O)cc(c1)C[C@H](NC(=O)[C@H](C(C)C)N(C)C(=O)[C@]13CNCC1C3)C(=O)N1CCC[C@H](N1)C(=O)OCC(C)(C)C2. The molecule has 3 fully saturated rings. The molecule has 1 unspecified atom stereocenters. The highest BCUT2D eigenvalue weighted by Crippen LogP contribution is 2.56. The zero-order valence-corrected chi connectivity index (χ0v) is 37.9. The van der Waals surface area contributed by atoms with Crippen molar-refractivity contribution in [2.75, 3.05) is 40.4 Å². The molecule has 0 radical (unpaired) electrons. The molecule has 336 valence electrons. The molecular weight excluding hydrogens is 799 g/mol. The number of carbonyl (C=O) groups excluding carboxylic acids is 4. The number of rotatable bonds is 9. The van der Waals surface area contributed by atoms with E-state index in [-0.39, 0.29) is 42.6 Å². The summed E-state index contributed by atoms with van der Waals surface area (Å²) in [5, 5.41) is 20.1. The summed E-state index contributed by atoms with van der Waals surface area (Å²) < 4.78 is 14.2. The quantitative estimate of drug-likeness (QED) is 0.157. The van der Waals surface area contributed by atoms with E-state index >= 15 is 0 Å². The second-order valence-corrected chi connectivity index (χ2v) is 19.3. The summed E-state index contributed by atoms with van der Waals surface area (Å²) in [5.74, 6) is -1.36. The number of nitrogens with one attached hydrogen (secondary N) is 3. The number of aromatic hydroxyl groups is 1. The number of phenolic OH excluding ortho intramolecular Hbond substituents is 1. The number of phenols is 1. The van der Waals surface area contributed by atoms with E-state index in [1.54, 1.807) is 37.4 Å². The van der Waals surface area contributed by atoms with Gasteiger partial charge in [-0.3, -0.25) is 29.2 Å². The molecule has 5 heterocycles. The van der Waals surface area contributed by atoms with Crippen molar-refractivity contribution in [3.8, 4) is 28.1 Å². The van der Waals surface area contributed by atoms with Gasteiger partial charge >= 0.3 is 5.97 Å². The molecule has 2 saturated heterocycles. The summed E-state index contributed by atoms with van der Waals surface area (Å²) in [4.78, 5) is 63.3. The van der Waals surface area contributed by atoms with Crippen molar-refractivity contribution in [1.29, 1.82) is 0 Å². The first-order chi connectivity index (χ1) is 30.0. The van der Waals surface area contributed by atoms with E-state index in [4.69, 9.17) is 14.5 Å². The first-order valence-electron chi connectivity index (χ1n) is 22.5. The number of esters is 1. The van der Waals surface area contributed by atoms with Gasteiger partial charge in [0.05, 0.1) is 29.5 Å². The number of benzene rings is 2. The van der Waals surface area contributed by atoms with Crippen LogP contribution in [0.2, 0.25) is 0 Å². The highest BCUT2D eigenvalue weighted by Gasteiger charge is 2.64. The van der Waals surface area contributed by atoms with Crippen LogP contribution in [0.4, 0.5) is 0 Å². The van der Waals surface area contributed by atoms with Gasteiger partial charge in [-0.05, 0) is 117 Å². The van der Waals surface area contributed by atoms with Crippen LogP contribution in [0.1, 0.15) is 83.7 Å². The Balaban J connectivity index is 1.23. The molecule has 6 bridgehead atoms. The van der Waals surface area contributed by atoms with Crippen molar-refractivity contribution in [1.82, 2.24) is 35.5 Å². The fourth-order valence-corrected chi connectivity index (χ4v) is 10.4. The van der Waals surface area contributed by atoms with E-state index in [9.17, 15) is 24.3 Å². The largest absolute Gasteiger partial charge is 0.508 e. The van der Waals surface area contributed by atoms with E-state index in [0.29, 0.717) is 44.5 Å². The van der Waals surface area contributed by atoms with Crippen LogP contribution in [0.5, 0.6) is 5.75 Å². The van der Waals surface area contributed by atoms with Crippen molar-refractivity contribution in [2.45, 2.75) is 104 Å². The van der Waals surface area contributed by atoms with Crippen molar-refractivity contribution < 1.29 is 33.8 Å². The topological polar surface area (TPSA) is 167 Å². The van der Waals surface area contributed by atoms with Crippen molar-refractivity contribution >= 4 is 34.6 Å². The van der Waals surface area contributed by atoms with Gasteiger partial charge in [-0.2, -0.15) is 0 Å². The lowest BCUT2D eigenvalue weighted by Gasteiger charge is -2.37. The lowest BCUT2D eigenvalue weighted by Crippen LogP contribution is -2.62. The summed E-state index contributed by atoms with van der Waals surface area (Å²) in [6.45, 7) is 14.6. The Morgan fingerprint density at radius 2 is 1.90 bits per heavy atom. The second-order valence-electron chi connectivity index (χ2n) is 19.3. The maximum absolute atomic E-state index is 14.7. The molecule has 8 rings (SSSR count). The highest BCUT2D eigenvalue weighted by molar-refractivity contribution is 5.96. The highest BCUT2D eigenvalue weighted by atomic mass is 16.5. The normalized spacial score (nSPS) is 24.3. The Kier molecular flexibility index (Phi) is 12.2. The van der Waals surface area contributed by atoms with Crippen molar-refractivity contribution in [3.63, 3.8) is 0 Å². The van der Waals surface area contributed by atoms with E-state index in [1.807, 2.05) is 39.0 Å². The standard InChI is InChI=1S/C49H63N7O7/c1-9-55-40-15-14-31-22-36(40)37(43(55)35-12-10-16-51-41(35)29(4)62-8)24-48(5,6)27-63-46(60)38-13-11-17-56(53-38)45(59)39(20-30-18-32(31)21-34(57)19-30)52-44(58)42(28(2)3)54(7)47(61)49-23-33(49)25-50-26-49/h10,12,14-16,18-19,21-22,28-29,33,38-39,42,50,53,57H,9,11,13,17,20,23-27H2,1-8H3,(H,52,58)/t29-,33?,38-,39-,42-,49+/m0/s1. The number of amides is 3. The number of hydrogen-bond donors (Lipinski definition) is 4. The fourth-order valence-electron chi connectivity index (χ4n) is 10.4. The zero-order valence-electron chi connectivity index (χ0n) is 37.9. The Morgan fingerprint density at radius 3 is 2.60 bits per heavy atom. The summed E-state index contributed by atoms with van der Waals surface area (Å²) in [7, 11) is 3.36. The molecule has 6 atom stereocenters. The van der Waals surface area contributed by atoms with Crippen LogP contribution in [-0.2, 0) is 48.0 Å². The molecule has 4 aliphatic rings. The van der Waals surface area contributed by atoms with Gasteiger partial charge in [-0.25, -0.2) is 5.43 Å². The minimum atomic E-state index is -1.10. The van der Waals surface area contributed by atoms with Crippen LogP contribution in [0.15, 0.2) is 54.7 Å². The number of hydrazine groups is 1. The number of aryl methyl sites for hydroxylation is 1.